The maximum absolute atomic E-state index is 8.67. The lowest BCUT2D eigenvalue weighted by Gasteiger charge is -2.00. The van der Waals surface area contributed by atoms with Crippen LogP contribution in [0.25, 0.3) is 11.0 Å². The van der Waals surface area contributed by atoms with Gasteiger partial charge in [0.25, 0.3) is 0 Å². The summed E-state index contributed by atoms with van der Waals surface area (Å²) in [5, 5.41) is 9.47. The number of halogens is 1. The average Bonchev–Trinajstić information content (AvgIpc) is 2.19. The fourth-order valence-electron chi connectivity index (χ4n) is 1.11. The molecule has 0 aliphatic carbocycles. The number of hydrogen-bond acceptors (Lipinski definition) is 4. The smallest absolute Gasteiger partial charge is 0.161 e. The van der Waals surface area contributed by atoms with Gasteiger partial charge in [0, 0.05) is 11.6 Å². The van der Waals surface area contributed by atoms with E-state index >= 15 is 0 Å². The zero-order valence-electron chi connectivity index (χ0n) is 7.03. The van der Waals surface area contributed by atoms with Crippen LogP contribution in [0.15, 0.2) is 22.8 Å². The van der Waals surface area contributed by atoms with Crippen molar-refractivity contribution in [2.45, 2.75) is 0 Å². The highest BCUT2D eigenvalue weighted by molar-refractivity contribution is 9.10. The first-order valence-corrected chi connectivity index (χ1v) is 4.62. The Morgan fingerprint density at radius 1 is 1.43 bits per heavy atom. The van der Waals surface area contributed by atoms with Gasteiger partial charge in [-0.25, -0.2) is 9.97 Å². The first-order chi connectivity index (χ1) is 6.70. The summed E-state index contributed by atoms with van der Waals surface area (Å²) < 4.78 is 0.710. The van der Waals surface area contributed by atoms with Crippen molar-refractivity contribution in [1.82, 2.24) is 9.97 Å². The highest BCUT2D eigenvalue weighted by atomic mass is 79.9. The molecule has 0 aliphatic rings. The number of nitrogen functional groups attached to an aromatic ring is 1. The van der Waals surface area contributed by atoms with Crippen LogP contribution in [0, 0.1) is 11.3 Å². The van der Waals surface area contributed by atoms with E-state index in [2.05, 4.69) is 25.9 Å². The van der Waals surface area contributed by atoms with Gasteiger partial charge in [-0.3, -0.25) is 0 Å². The van der Waals surface area contributed by atoms with Gasteiger partial charge in [0.1, 0.15) is 11.9 Å². The summed E-state index contributed by atoms with van der Waals surface area (Å²) in [6, 6.07) is 5.54. The van der Waals surface area contributed by atoms with Crippen molar-refractivity contribution in [3.05, 3.63) is 28.4 Å². The maximum atomic E-state index is 8.67. The minimum absolute atomic E-state index is 0.398. The van der Waals surface area contributed by atoms with Crippen LogP contribution >= 0.6 is 15.9 Å². The molecule has 0 spiro atoms. The second kappa shape index (κ2) is 3.24. The molecule has 2 heterocycles. The number of pyridine rings is 2. The SMILES string of the molecule is N#Cc1cnc2nc(N)c(Br)cc2c1. The average molecular weight is 249 g/mol. The molecule has 0 unspecified atom stereocenters. The summed E-state index contributed by atoms with van der Waals surface area (Å²) in [6.45, 7) is 0. The quantitative estimate of drug-likeness (QED) is 0.772. The van der Waals surface area contributed by atoms with E-state index in [0.717, 1.165) is 5.39 Å². The molecular formula is C9H5BrN4. The van der Waals surface area contributed by atoms with Crippen LogP contribution in [0.5, 0.6) is 0 Å². The Labute approximate surface area is 88.5 Å². The van der Waals surface area contributed by atoms with Crippen LogP contribution in [0.2, 0.25) is 0 Å². The predicted octanol–water partition coefficient (Wildman–Crippen LogP) is 1.85. The number of nitriles is 1. The van der Waals surface area contributed by atoms with E-state index in [0.29, 0.717) is 21.5 Å². The third kappa shape index (κ3) is 1.40. The molecule has 0 atom stereocenters. The van der Waals surface area contributed by atoms with Crippen molar-refractivity contribution in [2.75, 3.05) is 5.73 Å². The van der Waals surface area contributed by atoms with Crippen molar-refractivity contribution in [1.29, 1.82) is 5.26 Å². The van der Waals surface area contributed by atoms with E-state index in [-0.39, 0.29) is 0 Å². The molecule has 0 saturated heterocycles. The molecule has 4 nitrogen and oxygen atoms in total. The molecular weight excluding hydrogens is 244 g/mol. The van der Waals surface area contributed by atoms with Gasteiger partial charge in [0.05, 0.1) is 10.0 Å². The Balaban J connectivity index is 2.78. The lowest BCUT2D eigenvalue weighted by molar-refractivity contribution is 1.27. The minimum Gasteiger partial charge on any atom is -0.383 e. The minimum atomic E-state index is 0.398. The molecule has 0 amide bonds. The second-order valence-corrected chi connectivity index (χ2v) is 3.59. The molecule has 0 saturated carbocycles. The standard InChI is InChI=1S/C9H5BrN4/c10-7-2-6-1-5(3-11)4-13-9(6)14-8(7)12/h1-2,4H,(H2,12,13,14). The third-order valence-electron chi connectivity index (χ3n) is 1.78. The third-order valence-corrected chi connectivity index (χ3v) is 2.41. The summed E-state index contributed by atoms with van der Waals surface area (Å²) in [6.07, 6.45) is 1.47. The molecule has 0 radical (unpaired) electrons. The lowest BCUT2D eigenvalue weighted by Crippen LogP contribution is -1.94. The number of rotatable bonds is 0. The van der Waals surface area contributed by atoms with Gasteiger partial charge in [-0.2, -0.15) is 5.26 Å². The van der Waals surface area contributed by atoms with Gasteiger partial charge < -0.3 is 5.73 Å². The summed E-state index contributed by atoms with van der Waals surface area (Å²) in [5.41, 5.74) is 6.65. The first-order valence-electron chi connectivity index (χ1n) is 3.82. The van der Waals surface area contributed by atoms with Crippen molar-refractivity contribution >= 4 is 32.8 Å². The fourth-order valence-corrected chi connectivity index (χ4v) is 1.45. The van der Waals surface area contributed by atoms with E-state index in [1.165, 1.54) is 6.20 Å². The molecule has 14 heavy (non-hydrogen) atoms. The van der Waals surface area contributed by atoms with Crippen LogP contribution in [0.4, 0.5) is 5.82 Å². The van der Waals surface area contributed by atoms with Crippen molar-refractivity contribution in [3.8, 4) is 6.07 Å². The molecule has 0 aliphatic heterocycles. The van der Waals surface area contributed by atoms with Gasteiger partial charge in [-0.05, 0) is 28.1 Å². The molecule has 68 valence electrons. The van der Waals surface area contributed by atoms with E-state index < -0.39 is 0 Å². The molecule has 0 aromatic carbocycles. The Morgan fingerprint density at radius 3 is 2.93 bits per heavy atom. The van der Waals surface area contributed by atoms with Crippen molar-refractivity contribution in [3.63, 3.8) is 0 Å². The van der Waals surface area contributed by atoms with E-state index in [4.69, 9.17) is 11.0 Å². The first kappa shape index (κ1) is 8.91. The molecule has 2 rings (SSSR count). The van der Waals surface area contributed by atoms with Crippen LogP contribution < -0.4 is 5.73 Å². The number of hydrogen-bond donors (Lipinski definition) is 1. The van der Waals surface area contributed by atoms with Crippen LogP contribution in [0.1, 0.15) is 5.56 Å². The molecule has 2 N–H and O–H groups in total. The monoisotopic (exact) mass is 248 g/mol. The zero-order chi connectivity index (χ0) is 10.1. The van der Waals surface area contributed by atoms with Gasteiger partial charge in [-0.15, -0.1) is 0 Å². The van der Waals surface area contributed by atoms with Crippen molar-refractivity contribution in [2.24, 2.45) is 0 Å². The summed E-state index contributed by atoms with van der Waals surface area (Å²) in [4.78, 5) is 8.08. The second-order valence-electron chi connectivity index (χ2n) is 2.74. The van der Waals surface area contributed by atoms with E-state index in [9.17, 15) is 0 Å². The topological polar surface area (TPSA) is 75.6 Å². The van der Waals surface area contributed by atoms with E-state index in [1.807, 2.05) is 6.07 Å². The van der Waals surface area contributed by atoms with Gasteiger partial charge in [0.15, 0.2) is 5.65 Å². The summed E-state index contributed by atoms with van der Waals surface area (Å²) in [7, 11) is 0. The number of nitrogens with two attached hydrogens (primary N) is 1. The van der Waals surface area contributed by atoms with E-state index in [1.54, 1.807) is 12.1 Å². The molecule has 0 bridgehead atoms. The molecule has 5 heteroatoms. The summed E-state index contributed by atoms with van der Waals surface area (Å²) >= 11 is 3.26. The number of anilines is 1. The lowest BCUT2D eigenvalue weighted by atomic mass is 10.2. The number of fused-ring (bicyclic) bond motifs is 1. The highest BCUT2D eigenvalue weighted by Gasteiger charge is 2.03. The van der Waals surface area contributed by atoms with Gasteiger partial charge in [0.2, 0.25) is 0 Å². The molecule has 2 aromatic heterocycles. The number of aromatic nitrogens is 2. The fraction of sp³-hybridized carbons (Fsp3) is 0. The highest BCUT2D eigenvalue weighted by Crippen LogP contribution is 2.22. The van der Waals surface area contributed by atoms with Crippen LogP contribution in [0.3, 0.4) is 0 Å². The number of nitrogens with zero attached hydrogens (tertiary/aromatic N) is 3. The zero-order valence-corrected chi connectivity index (χ0v) is 8.62. The Bertz CT molecular complexity index is 544. The van der Waals surface area contributed by atoms with Crippen LogP contribution in [-0.2, 0) is 0 Å². The Hall–Kier alpha value is -1.67. The molecule has 2 aromatic rings. The van der Waals surface area contributed by atoms with Gasteiger partial charge in [-0.1, -0.05) is 0 Å². The molecule has 0 fully saturated rings. The van der Waals surface area contributed by atoms with Crippen molar-refractivity contribution < 1.29 is 0 Å². The Kier molecular flexibility index (Phi) is 2.06. The van der Waals surface area contributed by atoms with Gasteiger partial charge >= 0.3 is 0 Å². The Morgan fingerprint density at radius 2 is 2.21 bits per heavy atom. The maximum Gasteiger partial charge on any atom is 0.161 e. The van der Waals surface area contributed by atoms with Crippen LogP contribution in [-0.4, -0.2) is 9.97 Å². The summed E-state index contributed by atoms with van der Waals surface area (Å²) in [5.74, 6) is 0.398. The normalized spacial score (nSPS) is 10.0. The predicted molar refractivity (Wildman–Crippen MR) is 56.4 cm³/mol. The largest absolute Gasteiger partial charge is 0.383 e.